The smallest absolute Gasteiger partial charge is 0.442 e. The minimum absolute atomic E-state index is 0.0814. The van der Waals surface area contributed by atoms with Crippen LogP contribution in [0.3, 0.4) is 0 Å². The summed E-state index contributed by atoms with van der Waals surface area (Å²) in [5.74, 6) is -0.0317. The second kappa shape index (κ2) is 38.4. The van der Waals surface area contributed by atoms with Crippen LogP contribution in [0.25, 0.3) is 0 Å². The quantitative estimate of drug-likeness (QED) is 0.0111. The van der Waals surface area contributed by atoms with E-state index >= 15 is 0 Å². The molecule has 0 saturated carbocycles. The predicted molar refractivity (Wildman–Crippen MR) is 381 cm³/mol. The molecule has 0 aliphatic rings. The SMILES string of the molecule is C=C(C)CNCCC[SiH](C)OO[Si](C)(C)O[Si](C)(O[Si](C)(C)O[Si](C)(C)O[Si](C)(C)CCCCC(=O)C(=C)C)O[Si](C)(O[Si](C)(C)O[Si](C)(C)O[Si](C)(C)CCCCC(=O)C(=C)C)O[Si](C)(C)O[Si](C)(O)O[SiH](C)CCCNC(=O)C(=C)C.O[SiH3]. The second-order valence-electron chi connectivity index (χ2n) is 26.8. The maximum Gasteiger partial charge on any atom is 0.475 e. The van der Waals surface area contributed by atoms with Crippen molar-refractivity contribution in [1.29, 1.82) is 0 Å². The van der Waals surface area contributed by atoms with Crippen LogP contribution in [-0.2, 0) is 68.8 Å². The Morgan fingerprint density at radius 1 is 0.459 bits per heavy atom. The minimum Gasteiger partial charge on any atom is -0.442 e. The Kier molecular flexibility index (Phi) is 39.4. The standard InChI is InChI=1S/C51H118N2O17Si13.H4OSi/c1-45(2)44-52-38-34-40-71(9)58-59-75(15,16)66-82(28,67-78(21,22)63-76(17,18)61-73(11,12)42-32-30-36-49(54)46(3)4)70-83(29,69-80(25,26)65-81(27,57)60-72(10)41-35-39-53-51(56)48(7)8)68-79(23,24)64-77(19,20)62-74(13,14)43-33-31-37-50(55)47(5)6;1-2/h52,57,71-72H,1,3,5,7,30-44H2,2,4,6,8-29H3,(H,53,56);1H,2H3. The first kappa shape index (κ1) is 87.2. The molecule has 0 heterocycles. The van der Waals surface area contributed by atoms with E-state index in [0.29, 0.717) is 59.1 Å². The zero-order chi connectivity index (χ0) is 66.9. The van der Waals surface area contributed by atoms with Crippen LogP contribution in [0.4, 0.5) is 0 Å². The Balaban J connectivity index is 0. The monoisotopic (exact) mass is 1440 g/mol. The first-order valence-corrected chi connectivity index (χ1v) is 65.7. The highest BCUT2D eigenvalue weighted by atomic mass is 28.6. The van der Waals surface area contributed by atoms with Gasteiger partial charge in [0, 0.05) is 51.1 Å². The first-order chi connectivity index (χ1) is 38.3. The Bertz CT molecular complexity index is 2130. The molecule has 0 radical (unpaired) electrons. The van der Waals surface area contributed by atoms with Gasteiger partial charge >= 0.3 is 77.8 Å². The van der Waals surface area contributed by atoms with Crippen molar-refractivity contribution in [2.45, 2.75) is 241 Å². The fourth-order valence-electron chi connectivity index (χ4n) is 9.80. The largest absolute Gasteiger partial charge is 0.475 e. The van der Waals surface area contributed by atoms with Crippen LogP contribution < -0.4 is 10.6 Å². The van der Waals surface area contributed by atoms with Gasteiger partial charge < -0.3 is 65.5 Å². The number of unbranched alkanes of at least 4 members (excludes halogenated alkanes) is 2. The molecule has 20 nitrogen and oxygen atoms in total. The van der Waals surface area contributed by atoms with Crippen molar-refractivity contribution in [2.75, 3.05) is 19.6 Å². The average Bonchev–Trinajstić information content (AvgIpc) is 2.07. The van der Waals surface area contributed by atoms with Crippen LogP contribution in [0, 0.1) is 0 Å². The lowest BCUT2D eigenvalue weighted by atomic mass is 10.1. The van der Waals surface area contributed by atoms with Crippen molar-refractivity contribution in [1.82, 2.24) is 10.6 Å². The topological polar surface area (TPSA) is 236 Å². The summed E-state index contributed by atoms with van der Waals surface area (Å²) in [6.07, 6.45) is 5.73. The van der Waals surface area contributed by atoms with Gasteiger partial charge in [-0.2, -0.15) is 0 Å². The molecule has 0 aliphatic heterocycles. The molecule has 34 heteroatoms. The fraction of sp³-hybridized carbons (Fsp3) is 0.784. The summed E-state index contributed by atoms with van der Waals surface area (Å²) in [7, 11) is -39.6. The summed E-state index contributed by atoms with van der Waals surface area (Å²) in [4.78, 5) is 55.9. The molecule has 0 aromatic heterocycles. The number of hydrogen-bond acceptors (Lipinski definition) is 19. The Morgan fingerprint density at radius 2 is 0.824 bits per heavy atom. The Labute approximate surface area is 534 Å². The maximum atomic E-state index is 12.3. The van der Waals surface area contributed by atoms with E-state index in [1.165, 1.54) is 0 Å². The molecular weight excluding hydrogens is 1320 g/mol. The van der Waals surface area contributed by atoms with Gasteiger partial charge in [0.25, 0.3) is 0 Å². The molecular formula is C51H122N2O18Si14. The molecule has 0 aliphatic carbocycles. The Morgan fingerprint density at radius 3 is 1.21 bits per heavy atom. The van der Waals surface area contributed by atoms with E-state index in [1.54, 1.807) is 33.9 Å². The lowest BCUT2D eigenvalue weighted by Crippen LogP contribution is -2.69. The van der Waals surface area contributed by atoms with Crippen molar-refractivity contribution in [3.8, 4) is 0 Å². The van der Waals surface area contributed by atoms with Crippen LogP contribution in [-0.4, -0.2) is 170 Å². The number of Topliss-reactive ketones (excluding diaryl/α,β-unsaturated/α-hetero) is 2. The molecule has 85 heavy (non-hydrogen) atoms. The third-order valence-corrected chi connectivity index (χ3v) is 58.6. The van der Waals surface area contributed by atoms with Crippen LogP contribution in [0.2, 0.25) is 162 Å². The normalized spacial score (nSPS) is 16.0. The average molecular weight is 1440 g/mol. The zero-order valence-electron chi connectivity index (χ0n) is 58.0. The molecule has 0 aromatic rings. The number of hydrogen-bond donors (Lipinski definition) is 4. The predicted octanol–water partition coefficient (Wildman–Crippen LogP) is 10.7. The number of carbonyl (C=O) groups is 3. The lowest BCUT2D eigenvalue weighted by Gasteiger charge is -2.47. The van der Waals surface area contributed by atoms with Gasteiger partial charge in [-0.1, -0.05) is 44.7 Å². The molecule has 0 rings (SSSR count). The van der Waals surface area contributed by atoms with Crippen LogP contribution in [0.15, 0.2) is 48.6 Å². The van der Waals surface area contributed by atoms with Crippen molar-refractivity contribution in [3.05, 3.63) is 48.6 Å². The first-order valence-electron chi connectivity index (χ1n) is 30.1. The Hall–Kier alpha value is 0.166. The second-order valence-corrected chi connectivity index (χ2v) is 70.7. The van der Waals surface area contributed by atoms with Gasteiger partial charge in [0.1, 0.15) is 10.5 Å². The van der Waals surface area contributed by atoms with Crippen LogP contribution in [0.5, 0.6) is 0 Å². The highest BCUT2D eigenvalue weighted by molar-refractivity contribution is 6.94. The van der Waals surface area contributed by atoms with E-state index in [0.717, 1.165) is 68.9 Å². The molecule has 4 N–H and O–H groups in total. The summed E-state index contributed by atoms with van der Waals surface area (Å²) in [5.41, 5.74) is 2.66. The number of allylic oxidation sites excluding steroid dienone is 2. The molecule has 1 amide bonds. The number of amides is 1. The van der Waals surface area contributed by atoms with Gasteiger partial charge in [-0.25, -0.2) is 0 Å². The molecule has 5 unspecified atom stereocenters. The molecule has 5 atom stereocenters. The van der Waals surface area contributed by atoms with Gasteiger partial charge in [-0.05, 0) is 213 Å². The van der Waals surface area contributed by atoms with Gasteiger partial charge in [0.05, 0.1) is 0 Å². The van der Waals surface area contributed by atoms with Crippen LogP contribution in [0.1, 0.15) is 79.1 Å². The summed E-state index contributed by atoms with van der Waals surface area (Å²) in [6, 6.07) is 3.24. The summed E-state index contributed by atoms with van der Waals surface area (Å²) >= 11 is 0. The minimum atomic E-state index is -4.17. The number of nitrogens with one attached hydrogen (secondary N) is 2. The number of rotatable bonds is 48. The van der Waals surface area contributed by atoms with Crippen molar-refractivity contribution in [3.63, 3.8) is 0 Å². The van der Waals surface area contributed by atoms with Gasteiger partial charge in [0.2, 0.25) is 14.9 Å². The molecule has 0 aromatic carbocycles. The van der Waals surface area contributed by atoms with E-state index in [1.807, 2.05) is 98.6 Å². The van der Waals surface area contributed by atoms with E-state index in [2.05, 4.69) is 69.7 Å². The summed E-state index contributed by atoms with van der Waals surface area (Å²) < 4.78 is 90.2. The highest BCUT2D eigenvalue weighted by Gasteiger charge is 2.60. The van der Waals surface area contributed by atoms with E-state index in [4.69, 9.17) is 59.2 Å². The summed E-state index contributed by atoms with van der Waals surface area (Å²) in [6.45, 7) is 66.0. The summed E-state index contributed by atoms with van der Waals surface area (Å²) in [5, 5.41) is 6.28. The molecule has 0 saturated heterocycles. The highest BCUT2D eigenvalue weighted by Crippen LogP contribution is 2.35. The lowest BCUT2D eigenvalue weighted by molar-refractivity contribution is -0.134. The van der Waals surface area contributed by atoms with Crippen LogP contribution >= 0.6 is 0 Å². The number of carbonyl (C=O) groups excluding carboxylic acids is 3. The van der Waals surface area contributed by atoms with Crippen molar-refractivity contribution >= 4 is 140 Å². The third kappa shape index (κ3) is 43.6. The van der Waals surface area contributed by atoms with E-state index in [-0.39, 0.29) is 17.5 Å². The van der Waals surface area contributed by atoms with Crippen molar-refractivity contribution in [2.24, 2.45) is 0 Å². The maximum absolute atomic E-state index is 12.3. The fourth-order valence-corrected chi connectivity index (χ4v) is 67.0. The van der Waals surface area contributed by atoms with Gasteiger partial charge in [-0.15, -0.1) is 0 Å². The van der Waals surface area contributed by atoms with E-state index < -0.39 is 112 Å². The zero-order valence-corrected chi connectivity index (χ0v) is 73.3. The molecule has 500 valence electrons. The number of ketones is 2. The van der Waals surface area contributed by atoms with Gasteiger partial charge in [-0.3, -0.25) is 23.5 Å². The van der Waals surface area contributed by atoms with Crippen molar-refractivity contribution < 1.29 is 78.4 Å². The van der Waals surface area contributed by atoms with Gasteiger partial charge in [0.15, 0.2) is 37.2 Å². The van der Waals surface area contributed by atoms with E-state index in [9.17, 15) is 19.2 Å². The molecule has 0 spiro atoms. The third-order valence-electron chi connectivity index (χ3n) is 12.1. The molecule has 0 fully saturated rings. The molecule has 0 bridgehead atoms.